The van der Waals surface area contributed by atoms with Crippen LogP contribution >= 0.6 is 7.82 Å². The Bertz CT molecular complexity index is 804. The largest absolute Gasteiger partial charge is 0.756 e. The average molecular weight is 703 g/mol. The van der Waals surface area contributed by atoms with Crippen molar-refractivity contribution in [2.45, 2.75) is 193 Å². The number of allylic oxidation sites excluding steroid dienone is 1. The molecule has 3 unspecified atom stereocenters. The third-order valence-electron chi connectivity index (χ3n) is 9.06. The van der Waals surface area contributed by atoms with Gasteiger partial charge in [-0.05, 0) is 12.8 Å². The molecule has 286 valence electrons. The van der Waals surface area contributed by atoms with Crippen molar-refractivity contribution in [3.63, 3.8) is 0 Å². The van der Waals surface area contributed by atoms with Crippen LogP contribution in [0, 0.1) is 0 Å². The van der Waals surface area contributed by atoms with E-state index in [0.29, 0.717) is 11.0 Å². The molecule has 0 fully saturated rings. The minimum absolute atomic E-state index is 0.00168. The molecule has 0 aromatic heterocycles. The van der Waals surface area contributed by atoms with Crippen molar-refractivity contribution in [1.82, 2.24) is 5.32 Å². The van der Waals surface area contributed by atoms with Gasteiger partial charge in [0.2, 0.25) is 5.91 Å². The van der Waals surface area contributed by atoms with E-state index in [0.717, 1.165) is 19.3 Å². The van der Waals surface area contributed by atoms with Crippen molar-refractivity contribution in [3.8, 4) is 0 Å². The Kier molecular flexibility index (Phi) is 31.7. The van der Waals surface area contributed by atoms with Crippen LogP contribution in [0.5, 0.6) is 0 Å². The van der Waals surface area contributed by atoms with Crippen LogP contribution in [-0.4, -0.2) is 68.5 Å². The Morgan fingerprint density at radius 1 is 0.708 bits per heavy atom. The van der Waals surface area contributed by atoms with Crippen molar-refractivity contribution in [2.24, 2.45) is 0 Å². The smallest absolute Gasteiger partial charge is 0.268 e. The van der Waals surface area contributed by atoms with Gasteiger partial charge in [-0.15, -0.1) is 0 Å². The van der Waals surface area contributed by atoms with E-state index in [4.69, 9.17) is 9.05 Å². The molecular formula is C39H79N2O6P. The molecule has 0 aromatic rings. The van der Waals surface area contributed by atoms with E-state index in [2.05, 4.69) is 12.2 Å². The highest BCUT2D eigenvalue weighted by atomic mass is 31.2. The summed E-state index contributed by atoms with van der Waals surface area (Å²) in [6.07, 6.45) is 36.5. The second-order valence-electron chi connectivity index (χ2n) is 15.0. The van der Waals surface area contributed by atoms with E-state index >= 15 is 0 Å². The molecule has 0 saturated carbocycles. The lowest BCUT2D eigenvalue weighted by Crippen LogP contribution is -2.45. The van der Waals surface area contributed by atoms with Gasteiger partial charge in [0.15, 0.2) is 0 Å². The molecule has 0 aliphatic rings. The summed E-state index contributed by atoms with van der Waals surface area (Å²) in [5.41, 5.74) is 0. The molecule has 0 saturated heterocycles. The number of hydrogen-bond donors (Lipinski definition) is 2. The zero-order valence-electron chi connectivity index (χ0n) is 32.2. The first kappa shape index (κ1) is 47.2. The van der Waals surface area contributed by atoms with Crippen molar-refractivity contribution < 1.29 is 32.9 Å². The van der Waals surface area contributed by atoms with Gasteiger partial charge in [-0.25, -0.2) is 0 Å². The summed E-state index contributed by atoms with van der Waals surface area (Å²) >= 11 is 0. The molecule has 1 amide bonds. The molecule has 0 radical (unpaired) electrons. The molecule has 0 aliphatic heterocycles. The van der Waals surface area contributed by atoms with E-state index in [9.17, 15) is 19.4 Å². The van der Waals surface area contributed by atoms with Crippen LogP contribution in [0.4, 0.5) is 0 Å². The number of aliphatic hydroxyl groups excluding tert-OH is 1. The van der Waals surface area contributed by atoms with Crippen LogP contribution in [-0.2, 0) is 18.4 Å². The molecule has 48 heavy (non-hydrogen) atoms. The summed E-state index contributed by atoms with van der Waals surface area (Å²) in [5.74, 6) is -0.284. The molecular weight excluding hydrogens is 623 g/mol. The van der Waals surface area contributed by atoms with Crippen molar-refractivity contribution in [3.05, 3.63) is 12.2 Å². The lowest BCUT2D eigenvalue weighted by Gasteiger charge is -2.29. The van der Waals surface area contributed by atoms with E-state index in [1.165, 1.54) is 141 Å². The molecule has 0 spiro atoms. The fourth-order valence-corrected chi connectivity index (χ4v) is 6.49. The van der Waals surface area contributed by atoms with Gasteiger partial charge in [-0.3, -0.25) is 9.36 Å². The van der Waals surface area contributed by atoms with Gasteiger partial charge >= 0.3 is 0 Å². The summed E-state index contributed by atoms with van der Waals surface area (Å²) < 4.78 is 22.6. The van der Waals surface area contributed by atoms with Crippen LogP contribution in [0.15, 0.2) is 12.2 Å². The summed E-state index contributed by atoms with van der Waals surface area (Å²) in [4.78, 5) is 24.1. The van der Waals surface area contributed by atoms with Crippen LogP contribution < -0.4 is 10.2 Å². The standard InChI is InChI=1S/C39H79N2O6P/c1-6-8-9-10-11-12-13-14-15-16-17-18-19-20-21-22-23-24-25-26-27-28-29-30-31-32-33-38(42)37(40-39(43)7-2)36-47-48(44,45)46-35-34-41(3,4)5/h32-33,37-38,42H,6-31,34-36H2,1-5H3,(H-,40,43,44,45)/b33-32+. The number of quaternary nitrogens is 1. The van der Waals surface area contributed by atoms with Gasteiger partial charge < -0.3 is 28.8 Å². The molecule has 9 heteroatoms. The lowest BCUT2D eigenvalue weighted by molar-refractivity contribution is -0.870. The number of aliphatic hydroxyl groups is 1. The Morgan fingerprint density at radius 3 is 1.48 bits per heavy atom. The monoisotopic (exact) mass is 703 g/mol. The number of amides is 1. The molecule has 0 rings (SSSR count). The predicted octanol–water partition coefficient (Wildman–Crippen LogP) is 9.78. The first-order valence-electron chi connectivity index (χ1n) is 20.1. The molecule has 0 bridgehead atoms. The van der Waals surface area contributed by atoms with Gasteiger partial charge in [0.25, 0.3) is 7.82 Å². The lowest BCUT2D eigenvalue weighted by atomic mass is 10.0. The Morgan fingerprint density at radius 2 is 1.10 bits per heavy atom. The minimum atomic E-state index is -4.54. The third kappa shape index (κ3) is 33.7. The molecule has 3 atom stereocenters. The average Bonchev–Trinajstić information content (AvgIpc) is 3.03. The molecule has 0 heterocycles. The van der Waals surface area contributed by atoms with E-state index in [1.807, 2.05) is 27.2 Å². The molecule has 0 aliphatic carbocycles. The fraction of sp³-hybridized carbons (Fsp3) is 0.923. The van der Waals surface area contributed by atoms with E-state index < -0.39 is 20.0 Å². The van der Waals surface area contributed by atoms with E-state index in [-0.39, 0.29) is 25.5 Å². The Hall–Kier alpha value is -0.760. The van der Waals surface area contributed by atoms with Gasteiger partial charge in [0, 0.05) is 6.42 Å². The maximum Gasteiger partial charge on any atom is 0.268 e. The zero-order chi connectivity index (χ0) is 35.8. The SMILES string of the molecule is CCCCCCCCCCCCCCCCCCCCCCCCCC/C=C/C(O)C(COP(=O)([O-])OCC[N+](C)(C)C)NC(=O)CC. The van der Waals surface area contributed by atoms with Gasteiger partial charge in [0.1, 0.15) is 13.2 Å². The second kappa shape index (κ2) is 32.2. The first-order chi connectivity index (χ1) is 23.0. The van der Waals surface area contributed by atoms with Crippen LogP contribution in [0.25, 0.3) is 0 Å². The number of phosphoric acid groups is 1. The Labute approximate surface area is 297 Å². The second-order valence-corrected chi connectivity index (χ2v) is 16.4. The summed E-state index contributed by atoms with van der Waals surface area (Å²) in [5, 5.41) is 13.3. The van der Waals surface area contributed by atoms with Gasteiger partial charge in [-0.2, -0.15) is 0 Å². The summed E-state index contributed by atoms with van der Waals surface area (Å²) in [7, 11) is 1.26. The topological polar surface area (TPSA) is 108 Å². The maximum atomic E-state index is 12.1. The van der Waals surface area contributed by atoms with Crippen molar-refractivity contribution in [2.75, 3.05) is 40.9 Å². The number of likely N-dealkylation sites (N-methyl/N-ethyl adjacent to an activating group) is 1. The fourth-order valence-electron chi connectivity index (χ4n) is 5.76. The summed E-state index contributed by atoms with van der Waals surface area (Å²) in [6, 6.07) is -0.878. The number of unbranched alkanes of at least 4 members (excludes halogenated alkanes) is 24. The number of nitrogens with zero attached hydrogens (tertiary/aromatic N) is 1. The third-order valence-corrected chi connectivity index (χ3v) is 10.0. The molecule has 2 N–H and O–H groups in total. The van der Waals surface area contributed by atoms with Crippen molar-refractivity contribution in [1.29, 1.82) is 0 Å². The number of nitrogens with one attached hydrogen (secondary N) is 1. The molecule has 8 nitrogen and oxygen atoms in total. The Balaban J connectivity index is 3.75. The van der Waals surface area contributed by atoms with E-state index in [1.54, 1.807) is 13.0 Å². The summed E-state index contributed by atoms with van der Waals surface area (Å²) in [6.45, 7) is 4.09. The number of rotatable bonds is 36. The van der Waals surface area contributed by atoms with Crippen LogP contribution in [0.3, 0.4) is 0 Å². The number of phosphoric ester groups is 1. The highest BCUT2D eigenvalue weighted by Gasteiger charge is 2.22. The van der Waals surface area contributed by atoms with Crippen molar-refractivity contribution >= 4 is 13.7 Å². The highest BCUT2D eigenvalue weighted by Crippen LogP contribution is 2.38. The number of hydrogen-bond acceptors (Lipinski definition) is 6. The normalized spacial score (nSPS) is 14.7. The number of carbonyl (C=O) groups excluding carboxylic acids is 1. The maximum absolute atomic E-state index is 12.1. The highest BCUT2D eigenvalue weighted by molar-refractivity contribution is 7.45. The van der Waals surface area contributed by atoms with Crippen LogP contribution in [0.1, 0.15) is 181 Å². The predicted molar refractivity (Wildman–Crippen MR) is 201 cm³/mol. The minimum Gasteiger partial charge on any atom is -0.756 e. The molecule has 0 aromatic carbocycles. The van der Waals surface area contributed by atoms with Gasteiger partial charge in [-0.1, -0.05) is 174 Å². The first-order valence-corrected chi connectivity index (χ1v) is 21.5. The zero-order valence-corrected chi connectivity index (χ0v) is 33.1. The van der Waals surface area contributed by atoms with Crippen LogP contribution in [0.2, 0.25) is 0 Å². The van der Waals surface area contributed by atoms with Gasteiger partial charge in [0.05, 0.1) is 39.9 Å². The number of carbonyl (C=O) groups is 1. The quantitative estimate of drug-likeness (QED) is 0.0291.